The summed E-state index contributed by atoms with van der Waals surface area (Å²) >= 11 is 6.68. The Labute approximate surface area is 243 Å². The predicted molar refractivity (Wildman–Crippen MR) is 156 cm³/mol. The summed E-state index contributed by atoms with van der Waals surface area (Å²) in [7, 11) is 1.37. The highest BCUT2D eigenvalue weighted by Crippen LogP contribution is 2.32. The summed E-state index contributed by atoms with van der Waals surface area (Å²) in [6.07, 6.45) is 2.82. The predicted octanol–water partition coefficient (Wildman–Crippen LogP) is 6.28. The molecule has 0 saturated carbocycles. The fourth-order valence-electron chi connectivity index (χ4n) is 4.78. The smallest absolute Gasteiger partial charge is 0.338 e. The normalized spacial score (nSPS) is 11.1. The maximum absolute atomic E-state index is 12.2. The molecule has 2 heterocycles. The number of hydrogen-bond acceptors (Lipinski definition) is 7. The summed E-state index contributed by atoms with van der Waals surface area (Å²) < 4.78 is 13.1. The highest BCUT2D eigenvalue weighted by molar-refractivity contribution is 6.30. The monoisotopic (exact) mass is 570 g/mol. The number of esters is 1. The van der Waals surface area contributed by atoms with E-state index in [0.29, 0.717) is 23.1 Å². The van der Waals surface area contributed by atoms with Gasteiger partial charge in [0.2, 0.25) is 0 Å². The van der Waals surface area contributed by atoms with Crippen LogP contribution in [0.3, 0.4) is 0 Å². The van der Waals surface area contributed by atoms with Gasteiger partial charge in [-0.05, 0) is 51.2 Å². The van der Waals surface area contributed by atoms with Gasteiger partial charge in [0.25, 0.3) is 0 Å². The zero-order valence-corrected chi connectivity index (χ0v) is 23.8. The molecule has 5 aromatic rings. The van der Waals surface area contributed by atoms with Gasteiger partial charge in [-0.3, -0.25) is 0 Å². The van der Waals surface area contributed by atoms with Gasteiger partial charge in [-0.15, -0.1) is 5.10 Å². The summed E-state index contributed by atoms with van der Waals surface area (Å²) in [5.74, 6) is 1.10. The van der Waals surface area contributed by atoms with Crippen molar-refractivity contribution in [1.82, 2.24) is 30.2 Å². The summed E-state index contributed by atoms with van der Waals surface area (Å²) in [5.41, 5.74) is 6.04. The Morgan fingerprint density at radius 2 is 1.80 bits per heavy atom. The Kier molecular flexibility index (Phi) is 9.18. The fraction of sp³-hybridized carbons (Fsp3) is 0.258. The van der Waals surface area contributed by atoms with Crippen LogP contribution in [0.4, 0.5) is 0 Å². The minimum atomic E-state index is -0.397. The average Bonchev–Trinajstić information content (AvgIpc) is 3.65. The van der Waals surface area contributed by atoms with Crippen molar-refractivity contribution in [3.8, 4) is 22.5 Å². The van der Waals surface area contributed by atoms with Crippen LogP contribution < -0.4 is 0 Å². The van der Waals surface area contributed by atoms with Crippen LogP contribution in [0.15, 0.2) is 72.8 Å². The fourth-order valence-corrected chi connectivity index (χ4v) is 5.03. The number of aryl methyl sites for hydroxylation is 1. The number of benzene rings is 3. The summed E-state index contributed by atoms with van der Waals surface area (Å²) in [6.45, 7) is 3.15. The molecule has 9 nitrogen and oxygen atoms in total. The third-order valence-corrected chi connectivity index (χ3v) is 7.19. The number of H-pyrrole nitrogens is 1. The number of carbonyl (C=O) groups excluding carboxylic acids is 1. The first kappa shape index (κ1) is 28.2. The lowest BCUT2D eigenvalue weighted by molar-refractivity contribution is 0.0589. The second-order valence-corrected chi connectivity index (χ2v) is 9.95. The zero-order chi connectivity index (χ0) is 28.6. The van der Waals surface area contributed by atoms with Crippen LogP contribution in [0, 0.1) is 0 Å². The van der Waals surface area contributed by atoms with E-state index < -0.39 is 5.97 Å². The van der Waals surface area contributed by atoms with E-state index in [-0.39, 0.29) is 13.2 Å². The molecular formula is C31H31ClN6O3. The van der Waals surface area contributed by atoms with Gasteiger partial charge in [-0.2, -0.15) is 0 Å². The minimum Gasteiger partial charge on any atom is -0.465 e. The molecule has 0 spiro atoms. The first-order valence-electron chi connectivity index (χ1n) is 13.5. The van der Waals surface area contributed by atoms with E-state index in [1.165, 1.54) is 7.11 Å². The average molecular weight is 571 g/mol. The number of carbonyl (C=O) groups is 1. The number of aromatic nitrogens is 6. The summed E-state index contributed by atoms with van der Waals surface area (Å²) in [4.78, 5) is 16.9. The lowest BCUT2D eigenvalue weighted by Gasteiger charge is -2.15. The maximum Gasteiger partial charge on any atom is 0.338 e. The van der Waals surface area contributed by atoms with E-state index in [2.05, 4.69) is 62.4 Å². The molecule has 41 heavy (non-hydrogen) atoms. The molecule has 5 rings (SSSR count). The number of unbranched alkanes of at least 4 members (excludes halogenated alkanes) is 1. The van der Waals surface area contributed by atoms with Crippen LogP contribution in [0.5, 0.6) is 0 Å². The third-order valence-electron chi connectivity index (χ3n) is 6.89. The van der Waals surface area contributed by atoms with E-state index in [1.807, 2.05) is 30.3 Å². The van der Waals surface area contributed by atoms with Crippen LogP contribution in [0.1, 0.15) is 52.8 Å². The summed E-state index contributed by atoms with van der Waals surface area (Å²) in [6, 6.07) is 23.7. The molecule has 1 N–H and O–H groups in total. The molecule has 0 aliphatic rings. The number of nitrogens with one attached hydrogen (secondary N) is 1. The van der Waals surface area contributed by atoms with Gasteiger partial charge in [0.1, 0.15) is 5.82 Å². The number of tetrazole rings is 1. The van der Waals surface area contributed by atoms with Crippen molar-refractivity contribution in [1.29, 1.82) is 0 Å². The third kappa shape index (κ3) is 6.53. The standard InChI is InChI=1S/C31H31ClN6O3/c1-3-4-14-28-33-29(32)27(20-41-19-23-12-8-9-13-25(23)31(39)40-2)38(28)18-21-15-16-24(22-10-6-5-7-11-22)26(17-21)30-34-36-37-35-30/h5-13,15-17H,3-4,14,18-20H2,1-2H3,(H,34,35,36,37). The van der Waals surface area contributed by atoms with Gasteiger partial charge in [-0.1, -0.05) is 85.6 Å². The first-order chi connectivity index (χ1) is 20.1. The molecule has 210 valence electrons. The molecule has 3 aromatic carbocycles. The molecule has 0 aliphatic heterocycles. The topological polar surface area (TPSA) is 108 Å². The number of ether oxygens (including phenoxy) is 2. The molecule has 0 saturated heterocycles. The van der Waals surface area contributed by atoms with Crippen molar-refractivity contribution >= 4 is 17.6 Å². The van der Waals surface area contributed by atoms with Gasteiger partial charge in [0, 0.05) is 18.5 Å². The molecule has 0 radical (unpaired) electrons. The maximum atomic E-state index is 12.2. The lowest BCUT2D eigenvalue weighted by Crippen LogP contribution is -2.11. The van der Waals surface area contributed by atoms with Crippen molar-refractivity contribution in [2.45, 2.75) is 45.9 Å². The number of hydrogen-bond donors (Lipinski definition) is 1. The van der Waals surface area contributed by atoms with Crippen LogP contribution in [-0.2, 0) is 35.7 Å². The van der Waals surface area contributed by atoms with Gasteiger partial charge in [0.05, 0.1) is 31.6 Å². The zero-order valence-electron chi connectivity index (χ0n) is 23.0. The highest BCUT2D eigenvalue weighted by Gasteiger charge is 2.19. The van der Waals surface area contributed by atoms with Crippen LogP contribution in [0.25, 0.3) is 22.5 Å². The quantitative estimate of drug-likeness (QED) is 0.176. The van der Waals surface area contributed by atoms with Gasteiger partial charge >= 0.3 is 5.97 Å². The van der Waals surface area contributed by atoms with Crippen LogP contribution >= 0.6 is 11.6 Å². The Morgan fingerprint density at radius 1 is 1.00 bits per heavy atom. The number of nitrogens with zero attached hydrogens (tertiary/aromatic N) is 5. The Hall–Kier alpha value is -4.34. The molecule has 0 unspecified atom stereocenters. The van der Waals surface area contributed by atoms with E-state index in [9.17, 15) is 4.79 Å². The molecule has 0 amide bonds. The number of halogens is 1. The van der Waals surface area contributed by atoms with Crippen molar-refractivity contribution in [2.24, 2.45) is 0 Å². The highest BCUT2D eigenvalue weighted by atomic mass is 35.5. The number of rotatable bonds is 12. The molecule has 2 aromatic heterocycles. The first-order valence-corrected chi connectivity index (χ1v) is 13.9. The van der Waals surface area contributed by atoms with Crippen molar-refractivity contribution in [3.63, 3.8) is 0 Å². The molecule has 0 atom stereocenters. The lowest BCUT2D eigenvalue weighted by atomic mass is 9.97. The second kappa shape index (κ2) is 13.3. The molecule has 0 aliphatic carbocycles. The van der Waals surface area contributed by atoms with Crippen molar-refractivity contribution in [2.75, 3.05) is 7.11 Å². The van der Waals surface area contributed by atoms with Crippen molar-refractivity contribution < 1.29 is 14.3 Å². The van der Waals surface area contributed by atoms with Gasteiger partial charge in [0.15, 0.2) is 11.0 Å². The van der Waals surface area contributed by atoms with Crippen LogP contribution in [-0.4, -0.2) is 43.3 Å². The summed E-state index contributed by atoms with van der Waals surface area (Å²) in [5, 5.41) is 15.1. The molecular weight excluding hydrogens is 540 g/mol. The van der Waals surface area contributed by atoms with E-state index in [1.54, 1.807) is 12.1 Å². The number of methoxy groups -OCH3 is 1. The number of aromatic amines is 1. The van der Waals surface area contributed by atoms with E-state index in [4.69, 9.17) is 26.1 Å². The van der Waals surface area contributed by atoms with E-state index >= 15 is 0 Å². The molecule has 10 heteroatoms. The van der Waals surface area contributed by atoms with Gasteiger partial charge in [-0.25, -0.2) is 14.9 Å². The second-order valence-electron chi connectivity index (χ2n) is 9.59. The Morgan fingerprint density at radius 3 is 2.56 bits per heavy atom. The molecule has 0 bridgehead atoms. The van der Waals surface area contributed by atoms with Crippen molar-refractivity contribution in [3.05, 3.63) is 106 Å². The van der Waals surface area contributed by atoms with E-state index in [0.717, 1.165) is 58.6 Å². The Balaban J connectivity index is 1.44. The number of imidazole rings is 1. The Bertz CT molecular complexity index is 1600. The minimum absolute atomic E-state index is 0.228. The molecule has 0 fully saturated rings. The SMILES string of the molecule is CCCCc1nc(Cl)c(COCc2ccccc2C(=O)OC)n1Cc1ccc(-c2ccccc2)c(-c2nnn[nH]2)c1. The van der Waals surface area contributed by atoms with Gasteiger partial charge < -0.3 is 14.0 Å². The van der Waals surface area contributed by atoms with Crippen LogP contribution in [0.2, 0.25) is 5.15 Å². The largest absolute Gasteiger partial charge is 0.465 e.